The van der Waals surface area contributed by atoms with Gasteiger partial charge in [0.2, 0.25) is 0 Å². The Labute approximate surface area is 138 Å². The highest BCUT2D eigenvalue weighted by Gasteiger charge is 2.19. The van der Waals surface area contributed by atoms with Crippen LogP contribution in [-0.2, 0) is 0 Å². The number of nitrogen functional groups attached to an aromatic ring is 1. The molecule has 1 fully saturated rings. The molecule has 0 saturated carbocycles. The number of nitrogens with one attached hydrogen (secondary N) is 2. The van der Waals surface area contributed by atoms with Crippen molar-refractivity contribution in [3.05, 3.63) is 4.88 Å². The fourth-order valence-electron chi connectivity index (χ4n) is 1.80. The van der Waals surface area contributed by atoms with Crippen LogP contribution in [0, 0.1) is 5.92 Å². The third-order valence-electron chi connectivity index (χ3n) is 2.90. The normalized spacial score (nSPS) is 18.7. The van der Waals surface area contributed by atoms with Gasteiger partial charge in [-0.25, -0.2) is 4.98 Å². The summed E-state index contributed by atoms with van der Waals surface area (Å²) in [5.74, 6) is 4.20. The molecule has 21 heavy (non-hydrogen) atoms. The van der Waals surface area contributed by atoms with Crippen LogP contribution in [-0.4, -0.2) is 46.5 Å². The lowest BCUT2D eigenvalue weighted by atomic mass is 10.2. The first kappa shape index (κ1) is 16.8. The number of carbonyl (C=O) groups is 1. The van der Waals surface area contributed by atoms with Gasteiger partial charge in [-0.3, -0.25) is 4.79 Å². The van der Waals surface area contributed by atoms with Crippen LogP contribution in [0.5, 0.6) is 0 Å². The molecule has 1 aromatic heterocycles. The summed E-state index contributed by atoms with van der Waals surface area (Å²) in [6.45, 7) is 5.77. The SMILES string of the molecule is CC(C)CNc1nc(N)c(C(=O)NCC2CSCCS2)s1. The van der Waals surface area contributed by atoms with E-state index in [1.807, 2.05) is 23.5 Å². The molecule has 1 atom stereocenters. The minimum absolute atomic E-state index is 0.112. The van der Waals surface area contributed by atoms with Crippen LogP contribution < -0.4 is 16.4 Å². The summed E-state index contributed by atoms with van der Waals surface area (Å²) in [7, 11) is 0. The van der Waals surface area contributed by atoms with E-state index in [0.717, 1.165) is 18.1 Å². The van der Waals surface area contributed by atoms with E-state index in [2.05, 4.69) is 29.5 Å². The number of nitrogens with two attached hydrogens (primary N) is 1. The predicted molar refractivity (Wildman–Crippen MR) is 95.8 cm³/mol. The van der Waals surface area contributed by atoms with Gasteiger partial charge in [0.25, 0.3) is 5.91 Å². The summed E-state index contributed by atoms with van der Waals surface area (Å²) in [5, 5.41) is 7.40. The van der Waals surface area contributed by atoms with E-state index in [0.29, 0.717) is 33.5 Å². The number of thioether (sulfide) groups is 2. The van der Waals surface area contributed by atoms with Gasteiger partial charge in [-0.15, -0.1) is 0 Å². The average Bonchev–Trinajstić information content (AvgIpc) is 2.85. The van der Waals surface area contributed by atoms with Crippen molar-refractivity contribution in [3.8, 4) is 0 Å². The second kappa shape index (κ2) is 8.14. The lowest BCUT2D eigenvalue weighted by Gasteiger charge is -2.20. The highest BCUT2D eigenvalue weighted by Crippen LogP contribution is 2.26. The van der Waals surface area contributed by atoms with Crippen LogP contribution in [0.3, 0.4) is 0 Å². The van der Waals surface area contributed by atoms with Gasteiger partial charge >= 0.3 is 0 Å². The molecule has 0 spiro atoms. The molecular weight excluding hydrogens is 324 g/mol. The van der Waals surface area contributed by atoms with Gasteiger partial charge in [-0.1, -0.05) is 25.2 Å². The first-order valence-corrected chi connectivity index (χ1v) is 10.1. The lowest BCUT2D eigenvalue weighted by Crippen LogP contribution is -2.33. The Hall–Kier alpha value is -0.600. The van der Waals surface area contributed by atoms with Crippen molar-refractivity contribution in [2.24, 2.45) is 5.92 Å². The fourth-order valence-corrected chi connectivity index (χ4v) is 5.22. The molecule has 0 bridgehead atoms. The third-order valence-corrected chi connectivity index (χ3v) is 6.77. The second-order valence-electron chi connectivity index (χ2n) is 5.29. The quantitative estimate of drug-likeness (QED) is 0.734. The summed E-state index contributed by atoms with van der Waals surface area (Å²) in [5.41, 5.74) is 5.85. The first-order chi connectivity index (χ1) is 10.1. The number of aromatic nitrogens is 1. The summed E-state index contributed by atoms with van der Waals surface area (Å²) in [6.07, 6.45) is 0. The van der Waals surface area contributed by atoms with Gasteiger partial charge in [-0.05, 0) is 5.92 Å². The van der Waals surface area contributed by atoms with E-state index in [-0.39, 0.29) is 5.91 Å². The predicted octanol–water partition coefficient (Wildman–Crippen LogP) is 2.37. The third kappa shape index (κ3) is 5.27. The number of hydrogen-bond acceptors (Lipinski definition) is 7. The summed E-state index contributed by atoms with van der Waals surface area (Å²) >= 11 is 5.21. The van der Waals surface area contributed by atoms with E-state index in [1.54, 1.807) is 0 Å². The van der Waals surface area contributed by atoms with Gasteiger partial charge in [-0.2, -0.15) is 23.5 Å². The van der Waals surface area contributed by atoms with Crippen LogP contribution in [0.1, 0.15) is 23.5 Å². The Kier molecular flexibility index (Phi) is 6.50. The van der Waals surface area contributed by atoms with Crippen molar-refractivity contribution >= 4 is 51.7 Å². The topological polar surface area (TPSA) is 80.0 Å². The average molecular weight is 347 g/mol. The van der Waals surface area contributed by atoms with Crippen molar-refractivity contribution in [1.29, 1.82) is 0 Å². The molecule has 118 valence electrons. The van der Waals surface area contributed by atoms with Crippen molar-refractivity contribution in [2.75, 3.05) is 41.4 Å². The molecule has 4 N–H and O–H groups in total. The zero-order valence-corrected chi connectivity index (χ0v) is 14.8. The molecule has 1 aromatic rings. The van der Waals surface area contributed by atoms with Crippen molar-refractivity contribution in [2.45, 2.75) is 19.1 Å². The van der Waals surface area contributed by atoms with Crippen LogP contribution >= 0.6 is 34.9 Å². The molecule has 1 aliphatic rings. The van der Waals surface area contributed by atoms with Gasteiger partial charge in [0.1, 0.15) is 10.7 Å². The Morgan fingerprint density at radius 2 is 2.29 bits per heavy atom. The van der Waals surface area contributed by atoms with Crippen LogP contribution in [0.25, 0.3) is 0 Å². The molecule has 2 rings (SSSR count). The van der Waals surface area contributed by atoms with Crippen LogP contribution in [0.4, 0.5) is 10.9 Å². The van der Waals surface area contributed by atoms with Gasteiger partial charge < -0.3 is 16.4 Å². The van der Waals surface area contributed by atoms with Crippen LogP contribution in [0.15, 0.2) is 0 Å². The molecular formula is C13H22N4OS3. The van der Waals surface area contributed by atoms with Gasteiger partial charge in [0, 0.05) is 35.6 Å². The number of hydrogen-bond donors (Lipinski definition) is 3. The summed E-state index contributed by atoms with van der Waals surface area (Å²) < 4.78 is 0. The summed E-state index contributed by atoms with van der Waals surface area (Å²) in [6, 6.07) is 0. The minimum atomic E-state index is -0.112. The zero-order chi connectivity index (χ0) is 15.2. The number of rotatable bonds is 6. The Morgan fingerprint density at radius 3 is 2.95 bits per heavy atom. The van der Waals surface area contributed by atoms with Crippen LogP contribution in [0.2, 0.25) is 0 Å². The molecule has 1 unspecified atom stereocenters. The first-order valence-electron chi connectivity index (χ1n) is 7.04. The fraction of sp³-hybridized carbons (Fsp3) is 0.692. The minimum Gasteiger partial charge on any atom is -0.382 e. The molecule has 1 saturated heterocycles. The monoisotopic (exact) mass is 346 g/mol. The maximum absolute atomic E-state index is 12.2. The Bertz CT molecular complexity index is 472. The number of nitrogens with zero attached hydrogens (tertiary/aromatic N) is 1. The van der Waals surface area contributed by atoms with E-state index >= 15 is 0 Å². The molecule has 0 aliphatic carbocycles. The Morgan fingerprint density at radius 1 is 1.48 bits per heavy atom. The molecule has 5 nitrogen and oxygen atoms in total. The number of amides is 1. The van der Waals surface area contributed by atoms with Gasteiger partial charge in [0.05, 0.1) is 0 Å². The molecule has 2 heterocycles. The van der Waals surface area contributed by atoms with Crippen molar-refractivity contribution in [3.63, 3.8) is 0 Å². The lowest BCUT2D eigenvalue weighted by molar-refractivity contribution is 0.0959. The number of carbonyl (C=O) groups excluding carboxylic acids is 1. The van der Waals surface area contributed by atoms with E-state index < -0.39 is 0 Å². The maximum atomic E-state index is 12.2. The van der Waals surface area contributed by atoms with Crippen molar-refractivity contribution in [1.82, 2.24) is 10.3 Å². The smallest absolute Gasteiger partial charge is 0.265 e. The standard InChI is InChI=1S/C13H22N4OS3/c1-8(2)5-16-13-17-11(14)10(21-13)12(18)15-6-9-7-19-3-4-20-9/h8-9H,3-7,14H2,1-2H3,(H,15,18)(H,16,17). The largest absolute Gasteiger partial charge is 0.382 e. The second-order valence-corrected chi connectivity index (χ2v) is 8.84. The van der Waals surface area contributed by atoms with E-state index in [1.165, 1.54) is 17.1 Å². The number of thiazole rings is 1. The Balaban J connectivity index is 1.86. The molecule has 0 radical (unpaired) electrons. The highest BCUT2D eigenvalue weighted by atomic mass is 32.2. The highest BCUT2D eigenvalue weighted by molar-refractivity contribution is 8.06. The summed E-state index contributed by atoms with van der Waals surface area (Å²) in [4.78, 5) is 16.9. The number of anilines is 2. The zero-order valence-electron chi connectivity index (χ0n) is 12.3. The molecule has 8 heteroatoms. The van der Waals surface area contributed by atoms with Gasteiger partial charge in [0.15, 0.2) is 5.13 Å². The molecule has 1 aliphatic heterocycles. The molecule has 1 amide bonds. The maximum Gasteiger partial charge on any atom is 0.265 e. The van der Waals surface area contributed by atoms with Crippen molar-refractivity contribution < 1.29 is 4.79 Å². The van der Waals surface area contributed by atoms with E-state index in [9.17, 15) is 4.79 Å². The molecule has 0 aromatic carbocycles. The van der Waals surface area contributed by atoms with E-state index in [4.69, 9.17) is 5.73 Å².